The van der Waals surface area contributed by atoms with Crippen LogP contribution >= 0.6 is 0 Å². The van der Waals surface area contributed by atoms with E-state index < -0.39 is 17.0 Å². The summed E-state index contributed by atoms with van der Waals surface area (Å²) in [5, 5.41) is 16.7. The fourth-order valence-electron chi connectivity index (χ4n) is 6.04. The van der Waals surface area contributed by atoms with Gasteiger partial charge in [-0.3, -0.25) is 0 Å². The molecule has 2 aliphatic carbocycles. The van der Waals surface area contributed by atoms with Gasteiger partial charge in [-0.15, -0.1) is 4.72 Å². The number of aromatic nitrogens is 2. The Bertz CT molecular complexity index is 1350. The first-order valence-electron chi connectivity index (χ1n) is 13.4. The van der Waals surface area contributed by atoms with Crippen LogP contribution in [0.25, 0.3) is 11.8 Å². The molecule has 1 heterocycles. The van der Waals surface area contributed by atoms with Crippen molar-refractivity contribution in [1.29, 1.82) is 0 Å². The smallest absolute Gasteiger partial charge is 0.136 e. The quantitative estimate of drug-likeness (QED) is 0.352. The van der Waals surface area contributed by atoms with Crippen molar-refractivity contribution in [3.8, 4) is 5.69 Å². The van der Waals surface area contributed by atoms with Crippen LogP contribution in [0, 0.1) is 11.2 Å². The molecule has 5 rings (SSSR count). The molecule has 1 saturated carbocycles. The SMILES string of the molecule is C[C@@H](N[S+]([O-])C(C)(C)C)c1ccccc1CC[C@]1(O)CCC2=Cc3c(cnn3-c3ccc(F)cc3)C[C@@]21C. The van der Waals surface area contributed by atoms with Crippen molar-refractivity contribution in [3.63, 3.8) is 0 Å². The van der Waals surface area contributed by atoms with Crippen LogP contribution in [0.4, 0.5) is 4.39 Å². The van der Waals surface area contributed by atoms with Gasteiger partial charge >= 0.3 is 0 Å². The van der Waals surface area contributed by atoms with E-state index in [0.717, 1.165) is 41.8 Å². The van der Waals surface area contributed by atoms with Gasteiger partial charge in [0.15, 0.2) is 0 Å². The highest BCUT2D eigenvalue weighted by atomic mass is 32.2. The first kappa shape index (κ1) is 27.1. The Morgan fingerprint density at radius 3 is 2.61 bits per heavy atom. The Balaban J connectivity index is 1.36. The zero-order chi connectivity index (χ0) is 27.3. The maximum Gasteiger partial charge on any atom is 0.136 e. The zero-order valence-electron chi connectivity index (χ0n) is 22.9. The average molecular weight is 536 g/mol. The Hall–Kier alpha value is -2.45. The monoisotopic (exact) mass is 535 g/mol. The van der Waals surface area contributed by atoms with Crippen LogP contribution in [0.5, 0.6) is 0 Å². The summed E-state index contributed by atoms with van der Waals surface area (Å²) in [5.74, 6) is -0.268. The molecule has 4 atom stereocenters. The number of aliphatic hydroxyl groups is 1. The van der Waals surface area contributed by atoms with Gasteiger partial charge in [0, 0.05) is 16.8 Å². The molecule has 0 amide bonds. The molecule has 7 heteroatoms. The van der Waals surface area contributed by atoms with Gasteiger partial charge in [-0.2, -0.15) is 5.10 Å². The Morgan fingerprint density at radius 1 is 1.18 bits per heavy atom. The minimum Gasteiger partial charge on any atom is -0.598 e. The largest absolute Gasteiger partial charge is 0.598 e. The predicted molar refractivity (Wildman–Crippen MR) is 152 cm³/mol. The summed E-state index contributed by atoms with van der Waals surface area (Å²) in [6.07, 6.45) is 7.73. The summed E-state index contributed by atoms with van der Waals surface area (Å²) < 4.78 is 31.0. The lowest BCUT2D eigenvalue weighted by Crippen LogP contribution is -2.45. The van der Waals surface area contributed by atoms with Crippen molar-refractivity contribution in [2.75, 3.05) is 0 Å². The molecular formula is C31H38FN3O2S. The number of rotatable bonds is 7. The van der Waals surface area contributed by atoms with Crippen LogP contribution < -0.4 is 4.72 Å². The van der Waals surface area contributed by atoms with Gasteiger partial charge in [0.2, 0.25) is 0 Å². The van der Waals surface area contributed by atoms with Gasteiger partial charge < -0.3 is 9.66 Å². The highest BCUT2D eigenvalue weighted by Crippen LogP contribution is 2.57. The van der Waals surface area contributed by atoms with E-state index in [4.69, 9.17) is 0 Å². The summed E-state index contributed by atoms with van der Waals surface area (Å²) in [6.45, 7) is 10.1. The van der Waals surface area contributed by atoms with E-state index in [2.05, 4.69) is 41.9 Å². The van der Waals surface area contributed by atoms with Crippen LogP contribution in [-0.2, 0) is 24.2 Å². The molecule has 0 aliphatic heterocycles. The van der Waals surface area contributed by atoms with Crippen LogP contribution in [0.15, 0.2) is 60.3 Å². The second kappa shape index (κ2) is 9.94. The molecule has 0 bridgehead atoms. The van der Waals surface area contributed by atoms with E-state index in [1.807, 2.05) is 43.8 Å². The lowest BCUT2D eigenvalue weighted by molar-refractivity contribution is -0.0462. The molecule has 3 aromatic rings. The summed E-state index contributed by atoms with van der Waals surface area (Å²) in [7, 11) is 0. The fourth-order valence-corrected chi connectivity index (χ4v) is 6.85. The number of hydrogen-bond donors (Lipinski definition) is 2. The van der Waals surface area contributed by atoms with E-state index in [1.54, 1.807) is 12.1 Å². The van der Waals surface area contributed by atoms with E-state index in [-0.39, 0.29) is 22.0 Å². The molecule has 0 spiro atoms. The minimum absolute atomic E-state index is 0.0648. The lowest BCUT2D eigenvalue weighted by Gasteiger charge is -2.42. The van der Waals surface area contributed by atoms with Gasteiger partial charge in [0.05, 0.1) is 29.2 Å². The number of nitrogens with one attached hydrogen (secondary N) is 1. The molecule has 2 aromatic carbocycles. The van der Waals surface area contributed by atoms with Crippen molar-refractivity contribution in [3.05, 3.63) is 88.5 Å². The Labute approximate surface area is 228 Å². The summed E-state index contributed by atoms with van der Waals surface area (Å²) in [4.78, 5) is 0. The average Bonchev–Trinajstić information content (AvgIpc) is 3.39. The van der Waals surface area contributed by atoms with E-state index >= 15 is 0 Å². The standard InChI is InChI=1S/C31H38FN3O2S/c1-21(34-38(37)29(2,3)4)27-9-7-6-8-22(27)14-16-31(36)17-15-24-18-28-23(19-30(24,31)5)20-33-35(28)26-12-10-25(32)11-13-26/h6-13,18,20-21,34,36H,14-17,19H2,1-5H3/t21-,30+,31+,38?/m1/s1. The van der Waals surface area contributed by atoms with Gasteiger partial charge in [0.25, 0.3) is 0 Å². The van der Waals surface area contributed by atoms with Gasteiger partial charge in [0.1, 0.15) is 10.6 Å². The second-order valence-corrected chi connectivity index (χ2v) is 14.1. The first-order valence-corrected chi connectivity index (χ1v) is 14.6. The van der Waals surface area contributed by atoms with Crippen LogP contribution in [0.2, 0.25) is 0 Å². The van der Waals surface area contributed by atoms with Crippen LogP contribution in [0.3, 0.4) is 0 Å². The van der Waals surface area contributed by atoms with Crippen molar-refractivity contribution < 1.29 is 14.0 Å². The molecular weight excluding hydrogens is 497 g/mol. The van der Waals surface area contributed by atoms with E-state index in [1.165, 1.54) is 23.3 Å². The van der Waals surface area contributed by atoms with Gasteiger partial charge in [-0.1, -0.05) is 36.8 Å². The molecule has 202 valence electrons. The number of hydrogen-bond acceptors (Lipinski definition) is 4. The fraction of sp³-hybridized carbons (Fsp3) is 0.452. The minimum atomic E-state index is -1.17. The first-order chi connectivity index (χ1) is 17.9. The molecule has 5 nitrogen and oxygen atoms in total. The number of aryl methyl sites for hydroxylation is 1. The lowest BCUT2D eigenvalue weighted by atomic mass is 9.65. The molecule has 0 saturated heterocycles. The molecule has 0 radical (unpaired) electrons. The number of benzene rings is 2. The third-order valence-corrected chi connectivity index (χ3v) is 10.2. The molecule has 1 aromatic heterocycles. The van der Waals surface area contributed by atoms with Crippen molar-refractivity contribution in [2.24, 2.45) is 5.41 Å². The maximum absolute atomic E-state index is 13.5. The molecule has 2 N–H and O–H groups in total. The van der Waals surface area contributed by atoms with Gasteiger partial charge in [-0.05, 0) is 107 Å². The van der Waals surface area contributed by atoms with Crippen molar-refractivity contribution in [2.45, 2.75) is 83.1 Å². The van der Waals surface area contributed by atoms with Gasteiger partial charge in [-0.25, -0.2) is 9.07 Å². The second-order valence-electron chi connectivity index (χ2n) is 12.1. The number of nitrogens with zero attached hydrogens (tertiary/aromatic N) is 2. The summed E-state index contributed by atoms with van der Waals surface area (Å²) >= 11 is -1.17. The third kappa shape index (κ3) is 4.86. The predicted octanol–water partition coefficient (Wildman–Crippen LogP) is 6.23. The third-order valence-electron chi connectivity index (χ3n) is 8.53. The van der Waals surface area contributed by atoms with E-state index in [9.17, 15) is 14.0 Å². The molecule has 1 fully saturated rings. The molecule has 2 aliphatic rings. The number of fused-ring (bicyclic) bond motifs is 2. The summed E-state index contributed by atoms with van der Waals surface area (Å²) in [5.41, 5.74) is 5.28. The zero-order valence-corrected chi connectivity index (χ0v) is 23.7. The van der Waals surface area contributed by atoms with E-state index in [0.29, 0.717) is 12.8 Å². The highest BCUT2D eigenvalue weighted by Gasteiger charge is 2.54. The number of halogens is 1. The van der Waals surface area contributed by atoms with Crippen molar-refractivity contribution in [1.82, 2.24) is 14.5 Å². The van der Waals surface area contributed by atoms with Crippen LogP contribution in [-0.4, -0.2) is 29.8 Å². The molecule has 38 heavy (non-hydrogen) atoms. The van der Waals surface area contributed by atoms with Crippen LogP contribution in [0.1, 0.15) is 82.3 Å². The Kier molecular flexibility index (Phi) is 7.10. The van der Waals surface area contributed by atoms with Crippen molar-refractivity contribution >= 4 is 17.4 Å². The Morgan fingerprint density at radius 2 is 1.89 bits per heavy atom. The topological polar surface area (TPSA) is 73.1 Å². The summed E-state index contributed by atoms with van der Waals surface area (Å²) in [6, 6.07) is 14.6. The maximum atomic E-state index is 13.5. The normalized spacial score (nSPS) is 24.5. The highest BCUT2D eigenvalue weighted by molar-refractivity contribution is 7.90. The molecule has 1 unspecified atom stereocenters.